The number of halogens is 2. The molecule has 1 aromatic rings. The van der Waals surface area contributed by atoms with E-state index in [1.807, 2.05) is 0 Å². The van der Waals surface area contributed by atoms with Crippen molar-refractivity contribution in [2.24, 2.45) is 0 Å². The number of hydrogen-bond acceptors (Lipinski definition) is 3. The second-order valence-corrected chi connectivity index (χ2v) is 8.05. The van der Waals surface area contributed by atoms with E-state index >= 15 is 0 Å². The third-order valence-electron chi connectivity index (χ3n) is 3.43. The highest BCUT2D eigenvalue weighted by Gasteiger charge is 2.29. The Bertz CT molecular complexity index is 654. The molecule has 1 aliphatic rings. The summed E-state index contributed by atoms with van der Waals surface area (Å²) in [6.45, 7) is 0.883. The van der Waals surface area contributed by atoms with Gasteiger partial charge >= 0.3 is 5.97 Å². The quantitative estimate of drug-likeness (QED) is 0.850. The number of benzene rings is 1. The zero-order valence-electron chi connectivity index (χ0n) is 11.2. The molecule has 2 rings (SSSR count). The number of carboxylic acids is 1. The summed E-state index contributed by atoms with van der Waals surface area (Å²) in [4.78, 5) is 11.0. The van der Waals surface area contributed by atoms with Crippen LogP contribution in [-0.2, 0) is 10.0 Å². The fraction of sp³-hybridized carbons (Fsp3) is 0.462. The van der Waals surface area contributed by atoms with Crippen LogP contribution in [0, 0.1) is 0 Å². The minimum absolute atomic E-state index is 0.0242. The van der Waals surface area contributed by atoms with Gasteiger partial charge in [0.2, 0.25) is 10.0 Å². The fourth-order valence-corrected chi connectivity index (χ4v) is 5.00. The molecule has 1 saturated heterocycles. The topological polar surface area (TPSA) is 74.7 Å². The number of hydrogen-bond donors (Lipinski definition) is 1. The zero-order valence-corrected chi connectivity index (χ0v) is 14.3. The first-order valence-corrected chi connectivity index (χ1v) is 9.17. The Labute approximate surface area is 137 Å². The molecule has 0 bridgehead atoms. The molecule has 0 saturated carbocycles. The second-order valence-electron chi connectivity index (χ2n) is 4.89. The number of nitrogens with zero attached hydrogens (tertiary/aromatic N) is 1. The first-order valence-electron chi connectivity index (χ1n) is 6.56. The van der Waals surface area contributed by atoms with Gasteiger partial charge in [0.05, 0.1) is 10.6 Å². The summed E-state index contributed by atoms with van der Waals surface area (Å²) >= 11 is 9.11. The molecule has 0 aromatic heterocycles. The standard InChI is InChI=1S/C13H15BrClNO4S/c14-10-8-11(15)12(7-9(10)13(17)18)21(19,20)16-5-3-1-2-4-6-16/h7-8H,1-6H2,(H,17,18). The van der Waals surface area contributed by atoms with E-state index in [2.05, 4.69) is 15.9 Å². The summed E-state index contributed by atoms with van der Waals surface area (Å²) < 4.78 is 27.0. The fourth-order valence-electron chi connectivity index (χ4n) is 2.31. The molecule has 5 nitrogen and oxygen atoms in total. The summed E-state index contributed by atoms with van der Waals surface area (Å²) in [5.41, 5.74) is -0.118. The van der Waals surface area contributed by atoms with E-state index in [0.29, 0.717) is 13.1 Å². The second kappa shape index (κ2) is 6.64. The lowest BCUT2D eigenvalue weighted by Gasteiger charge is -2.21. The van der Waals surface area contributed by atoms with Crippen molar-refractivity contribution in [2.75, 3.05) is 13.1 Å². The van der Waals surface area contributed by atoms with E-state index in [-0.39, 0.29) is 20.0 Å². The first-order chi connectivity index (χ1) is 9.84. The van der Waals surface area contributed by atoms with Crippen LogP contribution < -0.4 is 0 Å². The van der Waals surface area contributed by atoms with E-state index in [1.54, 1.807) is 0 Å². The summed E-state index contributed by atoms with van der Waals surface area (Å²) in [5.74, 6) is -1.20. The van der Waals surface area contributed by atoms with Gasteiger partial charge < -0.3 is 5.11 Å². The molecule has 0 atom stereocenters. The van der Waals surface area contributed by atoms with Crippen molar-refractivity contribution < 1.29 is 18.3 Å². The Balaban J connectivity index is 2.48. The summed E-state index contributed by atoms with van der Waals surface area (Å²) in [5, 5.41) is 9.14. The third kappa shape index (κ3) is 3.59. The van der Waals surface area contributed by atoms with E-state index in [1.165, 1.54) is 10.4 Å². The molecule has 1 aromatic carbocycles. The largest absolute Gasteiger partial charge is 0.478 e. The molecular formula is C13H15BrClNO4S. The van der Waals surface area contributed by atoms with Gasteiger partial charge in [-0.15, -0.1) is 0 Å². The summed E-state index contributed by atoms with van der Waals surface area (Å²) in [7, 11) is -3.77. The Morgan fingerprint density at radius 3 is 2.29 bits per heavy atom. The maximum absolute atomic E-state index is 12.7. The molecule has 1 aliphatic heterocycles. The average molecular weight is 397 g/mol. The van der Waals surface area contributed by atoms with Crippen molar-refractivity contribution in [2.45, 2.75) is 30.6 Å². The first kappa shape index (κ1) is 16.7. The normalized spacial score (nSPS) is 17.4. The third-order valence-corrected chi connectivity index (χ3v) is 6.45. The van der Waals surface area contributed by atoms with Gasteiger partial charge in [-0.3, -0.25) is 0 Å². The highest BCUT2D eigenvalue weighted by molar-refractivity contribution is 9.10. The maximum Gasteiger partial charge on any atom is 0.336 e. The SMILES string of the molecule is O=C(O)c1cc(S(=O)(=O)N2CCCCCC2)c(Cl)cc1Br. The Kier molecular flexibility index (Phi) is 5.29. The van der Waals surface area contributed by atoms with Gasteiger partial charge in [-0.25, -0.2) is 13.2 Å². The van der Waals surface area contributed by atoms with Crippen molar-refractivity contribution in [1.29, 1.82) is 0 Å². The van der Waals surface area contributed by atoms with Gasteiger partial charge in [-0.05, 0) is 40.9 Å². The number of carboxylic acid groups (broad SMARTS) is 1. The smallest absolute Gasteiger partial charge is 0.336 e. The van der Waals surface area contributed by atoms with Crippen LogP contribution in [0.1, 0.15) is 36.0 Å². The molecule has 1 heterocycles. The Hall–Kier alpha value is -0.630. The molecule has 0 unspecified atom stereocenters. The van der Waals surface area contributed by atoms with E-state index in [4.69, 9.17) is 16.7 Å². The van der Waals surface area contributed by atoms with E-state index in [9.17, 15) is 13.2 Å². The van der Waals surface area contributed by atoms with Crippen molar-refractivity contribution in [3.63, 3.8) is 0 Å². The predicted molar refractivity (Wildman–Crippen MR) is 83.3 cm³/mol. The molecule has 0 radical (unpaired) electrons. The van der Waals surface area contributed by atoms with Crippen LogP contribution in [0.3, 0.4) is 0 Å². The van der Waals surface area contributed by atoms with Crippen molar-refractivity contribution >= 4 is 43.5 Å². The highest BCUT2D eigenvalue weighted by Crippen LogP contribution is 2.31. The van der Waals surface area contributed by atoms with Gasteiger partial charge in [-0.2, -0.15) is 4.31 Å². The number of sulfonamides is 1. The minimum Gasteiger partial charge on any atom is -0.478 e. The van der Waals surface area contributed by atoms with E-state index in [0.717, 1.165) is 31.7 Å². The molecular weight excluding hydrogens is 382 g/mol. The van der Waals surface area contributed by atoms with Crippen molar-refractivity contribution in [3.05, 3.63) is 27.2 Å². The maximum atomic E-state index is 12.7. The zero-order chi connectivity index (χ0) is 15.6. The van der Waals surface area contributed by atoms with Crippen molar-refractivity contribution in [3.8, 4) is 0 Å². The Morgan fingerprint density at radius 2 is 1.76 bits per heavy atom. The molecule has 21 heavy (non-hydrogen) atoms. The van der Waals surface area contributed by atoms with Gasteiger partial charge in [0.1, 0.15) is 4.90 Å². The van der Waals surface area contributed by atoms with E-state index < -0.39 is 16.0 Å². The predicted octanol–water partition coefficient (Wildman–Crippen LogP) is 3.37. The van der Waals surface area contributed by atoms with Crippen LogP contribution in [0.5, 0.6) is 0 Å². The Morgan fingerprint density at radius 1 is 1.19 bits per heavy atom. The molecule has 8 heteroatoms. The lowest BCUT2D eigenvalue weighted by molar-refractivity contribution is 0.0695. The van der Waals surface area contributed by atoms with Gasteiger partial charge in [-0.1, -0.05) is 24.4 Å². The molecule has 1 N–H and O–H groups in total. The van der Waals surface area contributed by atoms with Crippen LogP contribution in [-0.4, -0.2) is 36.9 Å². The molecule has 0 aliphatic carbocycles. The monoisotopic (exact) mass is 395 g/mol. The molecule has 0 amide bonds. The lowest BCUT2D eigenvalue weighted by atomic mass is 10.2. The average Bonchev–Trinajstić information content (AvgIpc) is 2.67. The molecule has 0 spiro atoms. The van der Waals surface area contributed by atoms with Crippen LogP contribution in [0.2, 0.25) is 5.02 Å². The molecule has 116 valence electrons. The number of aromatic carboxylic acids is 1. The van der Waals surface area contributed by atoms with Crippen LogP contribution in [0.25, 0.3) is 0 Å². The molecule has 1 fully saturated rings. The number of rotatable bonds is 3. The lowest BCUT2D eigenvalue weighted by Crippen LogP contribution is -2.32. The summed E-state index contributed by atoms with van der Waals surface area (Å²) in [6, 6.07) is 2.44. The minimum atomic E-state index is -3.77. The van der Waals surface area contributed by atoms with Crippen LogP contribution in [0.15, 0.2) is 21.5 Å². The van der Waals surface area contributed by atoms with Gasteiger partial charge in [0.25, 0.3) is 0 Å². The highest BCUT2D eigenvalue weighted by atomic mass is 79.9. The van der Waals surface area contributed by atoms with Gasteiger partial charge in [0, 0.05) is 17.6 Å². The number of carbonyl (C=O) groups is 1. The van der Waals surface area contributed by atoms with Gasteiger partial charge in [0.15, 0.2) is 0 Å². The van der Waals surface area contributed by atoms with Crippen molar-refractivity contribution in [1.82, 2.24) is 4.31 Å². The van der Waals surface area contributed by atoms with Crippen LogP contribution >= 0.6 is 27.5 Å². The van der Waals surface area contributed by atoms with Crippen LogP contribution in [0.4, 0.5) is 0 Å². The summed E-state index contributed by atoms with van der Waals surface area (Å²) in [6.07, 6.45) is 3.61.